The number of anilines is 3. The van der Waals surface area contributed by atoms with Crippen molar-refractivity contribution < 1.29 is 0 Å². The molecule has 1 heterocycles. The Balaban J connectivity index is 1.60. The number of benzene rings is 5. The Morgan fingerprint density at radius 3 is 2.09 bits per heavy atom. The van der Waals surface area contributed by atoms with Crippen molar-refractivity contribution in [3.63, 3.8) is 0 Å². The van der Waals surface area contributed by atoms with Crippen molar-refractivity contribution in [1.29, 1.82) is 0 Å². The number of hydrogen-bond acceptors (Lipinski definition) is 1. The molecule has 0 N–H and O–H groups in total. The van der Waals surface area contributed by atoms with Gasteiger partial charge in [-0.2, -0.15) is 0 Å². The van der Waals surface area contributed by atoms with Crippen LogP contribution in [0.3, 0.4) is 0 Å². The van der Waals surface area contributed by atoms with E-state index >= 15 is 0 Å². The second kappa shape index (κ2) is 8.96. The minimum atomic E-state index is 0.182. The van der Waals surface area contributed by atoms with Gasteiger partial charge in [-0.15, -0.1) is 0 Å². The smallest absolute Gasteiger partial charge is 0.247 e. The molecule has 168 valence electrons. The summed E-state index contributed by atoms with van der Waals surface area (Å²) in [5, 5.41) is 0. The lowest BCUT2D eigenvalue weighted by Crippen LogP contribution is -2.59. The van der Waals surface area contributed by atoms with E-state index in [4.69, 9.17) is 0 Å². The molecule has 0 amide bonds. The van der Waals surface area contributed by atoms with Gasteiger partial charge in [-0.3, -0.25) is 0 Å². The van der Waals surface area contributed by atoms with E-state index in [1.54, 1.807) is 0 Å². The molecule has 1 aliphatic rings. The number of aryl methyl sites for hydroxylation is 2. The topological polar surface area (TPSA) is 3.24 Å². The first-order valence-electron chi connectivity index (χ1n) is 12.4. The summed E-state index contributed by atoms with van der Waals surface area (Å²) in [6.45, 7) is 4.64. The van der Waals surface area contributed by atoms with Gasteiger partial charge in [0.2, 0.25) is 6.71 Å². The maximum atomic E-state index is 2.43. The highest BCUT2D eigenvalue weighted by Crippen LogP contribution is 2.36. The Kier molecular flexibility index (Phi) is 5.50. The van der Waals surface area contributed by atoms with Gasteiger partial charge in [0, 0.05) is 17.1 Å². The molecule has 0 bridgehead atoms. The molecule has 0 radical (unpaired) electrons. The lowest BCUT2D eigenvalue weighted by atomic mass is 9.33. The fraction of sp³-hybridized carbons (Fsp3) is 0.0909. The highest BCUT2D eigenvalue weighted by Gasteiger charge is 2.36. The Morgan fingerprint density at radius 1 is 0.600 bits per heavy atom. The standard InChI is InChI=1S/C33H28BN/c1-24-20-21-29(27(22-24)23-26-13-5-3-6-14-26)34-30-17-9-10-18-31(30)35(28-15-7-4-8-16-28)32-19-11-12-25(2)33(32)34/h3-22H,23H2,1-2H3. The zero-order chi connectivity index (χ0) is 23.8. The van der Waals surface area contributed by atoms with E-state index in [0.29, 0.717) is 0 Å². The molecular formula is C33H28BN. The summed E-state index contributed by atoms with van der Waals surface area (Å²) in [6, 6.07) is 44.2. The van der Waals surface area contributed by atoms with Crippen LogP contribution in [0.2, 0.25) is 0 Å². The third-order valence-electron chi connectivity index (χ3n) is 7.18. The molecule has 0 atom stereocenters. The third-order valence-corrected chi connectivity index (χ3v) is 7.18. The highest BCUT2D eigenvalue weighted by molar-refractivity contribution is 6.98. The van der Waals surface area contributed by atoms with E-state index in [1.807, 2.05) is 0 Å². The Bertz CT molecular complexity index is 1490. The van der Waals surface area contributed by atoms with Gasteiger partial charge in [-0.05, 0) is 66.6 Å². The number of para-hydroxylation sites is 2. The average molecular weight is 449 g/mol. The van der Waals surface area contributed by atoms with E-state index in [2.05, 4.69) is 140 Å². The maximum Gasteiger partial charge on any atom is 0.247 e. The van der Waals surface area contributed by atoms with Gasteiger partial charge >= 0.3 is 0 Å². The van der Waals surface area contributed by atoms with E-state index in [-0.39, 0.29) is 6.71 Å². The first-order valence-corrected chi connectivity index (χ1v) is 12.4. The second-order valence-corrected chi connectivity index (χ2v) is 9.54. The summed E-state index contributed by atoms with van der Waals surface area (Å²) in [4.78, 5) is 2.43. The zero-order valence-electron chi connectivity index (χ0n) is 20.3. The monoisotopic (exact) mass is 449 g/mol. The van der Waals surface area contributed by atoms with E-state index in [9.17, 15) is 0 Å². The Morgan fingerprint density at radius 2 is 1.29 bits per heavy atom. The molecule has 0 saturated heterocycles. The van der Waals surface area contributed by atoms with E-state index in [1.165, 1.54) is 55.7 Å². The van der Waals surface area contributed by atoms with Crippen molar-refractivity contribution in [2.24, 2.45) is 0 Å². The van der Waals surface area contributed by atoms with Crippen LogP contribution >= 0.6 is 0 Å². The van der Waals surface area contributed by atoms with Crippen molar-refractivity contribution in [2.75, 3.05) is 4.90 Å². The molecule has 6 rings (SSSR count). The molecule has 0 spiro atoms. The fourth-order valence-corrected chi connectivity index (χ4v) is 5.62. The molecule has 0 unspecified atom stereocenters. The molecule has 0 saturated carbocycles. The van der Waals surface area contributed by atoms with Gasteiger partial charge in [-0.1, -0.05) is 114 Å². The molecule has 1 nitrogen and oxygen atoms in total. The van der Waals surface area contributed by atoms with Gasteiger partial charge < -0.3 is 4.90 Å². The van der Waals surface area contributed by atoms with Crippen molar-refractivity contribution in [3.8, 4) is 0 Å². The van der Waals surface area contributed by atoms with Crippen molar-refractivity contribution in [2.45, 2.75) is 20.3 Å². The summed E-state index contributed by atoms with van der Waals surface area (Å²) < 4.78 is 0. The molecule has 2 heteroatoms. The summed E-state index contributed by atoms with van der Waals surface area (Å²) in [5.74, 6) is 0. The Hall–Kier alpha value is -4.04. The van der Waals surface area contributed by atoms with Crippen LogP contribution in [0.4, 0.5) is 17.1 Å². The molecule has 0 aliphatic carbocycles. The van der Waals surface area contributed by atoms with Crippen LogP contribution in [0.1, 0.15) is 22.3 Å². The van der Waals surface area contributed by atoms with Crippen LogP contribution < -0.4 is 21.3 Å². The van der Waals surface area contributed by atoms with Gasteiger partial charge in [0.1, 0.15) is 0 Å². The fourth-order valence-electron chi connectivity index (χ4n) is 5.62. The van der Waals surface area contributed by atoms with Gasteiger partial charge in [0.15, 0.2) is 0 Å². The first kappa shape index (κ1) is 21.5. The number of nitrogens with zero attached hydrogens (tertiary/aromatic N) is 1. The van der Waals surface area contributed by atoms with Gasteiger partial charge in [0.05, 0.1) is 0 Å². The molecular weight excluding hydrogens is 421 g/mol. The van der Waals surface area contributed by atoms with Gasteiger partial charge in [-0.25, -0.2) is 0 Å². The second-order valence-electron chi connectivity index (χ2n) is 9.54. The summed E-state index contributed by atoms with van der Waals surface area (Å²) in [6.07, 6.45) is 0.931. The van der Waals surface area contributed by atoms with Crippen LogP contribution in [0, 0.1) is 13.8 Å². The molecule has 5 aromatic rings. The summed E-state index contributed by atoms with van der Waals surface area (Å²) in [7, 11) is 0. The molecule has 35 heavy (non-hydrogen) atoms. The molecule has 0 fully saturated rings. The van der Waals surface area contributed by atoms with Crippen LogP contribution in [-0.4, -0.2) is 6.71 Å². The minimum Gasteiger partial charge on any atom is -0.312 e. The molecule has 0 aromatic heterocycles. The van der Waals surface area contributed by atoms with Crippen molar-refractivity contribution >= 4 is 40.2 Å². The highest BCUT2D eigenvalue weighted by atomic mass is 15.1. The quantitative estimate of drug-likeness (QED) is 0.290. The van der Waals surface area contributed by atoms with Gasteiger partial charge in [0.25, 0.3) is 0 Å². The average Bonchev–Trinajstić information content (AvgIpc) is 2.89. The van der Waals surface area contributed by atoms with Crippen LogP contribution in [-0.2, 0) is 6.42 Å². The maximum absolute atomic E-state index is 2.43. The van der Waals surface area contributed by atoms with Crippen LogP contribution in [0.5, 0.6) is 0 Å². The van der Waals surface area contributed by atoms with E-state index < -0.39 is 0 Å². The number of rotatable bonds is 4. The SMILES string of the molecule is Cc1ccc(B2c3ccccc3N(c3ccccc3)c3cccc(C)c32)c(Cc2ccccc2)c1. The summed E-state index contributed by atoms with van der Waals surface area (Å²) >= 11 is 0. The third kappa shape index (κ3) is 3.86. The van der Waals surface area contributed by atoms with Crippen molar-refractivity contribution in [3.05, 3.63) is 144 Å². The number of hydrogen-bond donors (Lipinski definition) is 0. The number of fused-ring (bicyclic) bond motifs is 2. The zero-order valence-corrected chi connectivity index (χ0v) is 20.3. The lowest BCUT2D eigenvalue weighted by Gasteiger charge is -2.38. The lowest BCUT2D eigenvalue weighted by molar-refractivity contribution is 1.19. The largest absolute Gasteiger partial charge is 0.312 e. The molecule has 5 aromatic carbocycles. The van der Waals surface area contributed by atoms with E-state index in [0.717, 1.165) is 6.42 Å². The minimum absolute atomic E-state index is 0.182. The van der Waals surface area contributed by atoms with Crippen LogP contribution in [0.15, 0.2) is 121 Å². The molecule has 1 aliphatic heterocycles. The predicted molar refractivity (Wildman–Crippen MR) is 151 cm³/mol. The van der Waals surface area contributed by atoms with Crippen molar-refractivity contribution in [1.82, 2.24) is 0 Å². The first-order chi connectivity index (χ1) is 17.2. The summed E-state index contributed by atoms with van der Waals surface area (Å²) in [5.41, 5.74) is 13.3. The normalized spacial score (nSPS) is 12.3. The van der Waals surface area contributed by atoms with Crippen LogP contribution in [0.25, 0.3) is 0 Å². The Labute approximate surface area is 208 Å². The predicted octanol–water partition coefficient (Wildman–Crippen LogP) is 6.19.